The molecule has 0 spiro atoms. The smallest absolute Gasteiger partial charge is 0.264 e. The van der Waals surface area contributed by atoms with Crippen LogP contribution < -0.4 is 14.5 Å². The second kappa shape index (κ2) is 11.9. The first kappa shape index (κ1) is 25.6. The van der Waals surface area contributed by atoms with Gasteiger partial charge in [-0.15, -0.1) is 11.8 Å². The second-order valence-corrected chi connectivity index (χ2v) is 10.1. The lowest BCUT2D eigenvalue weighted by Gasteiger charge is -2.24. The molecule has 0 atom stereocenters. The molecule has 0 aliphatic rings. The molecule has 3 rings (SSSR count). The Morgan fingerprint density at radius 1 is 1.09 bits per heavy atom. The van der Waals surface area contributed by atoms with Gasteiger partial charge in [0.2, 0.25) is 0 Å². The van der Waals surface area contributed by atoms with E-state index in [2.05, 4.69) is 10.5 Å². The van der Waals surface area contributed by atoms with Gasteiger partial charge in [0, 0.05) is 15.5 Å². The van der Waals surface area contributed by atoms with Gasteiger partial charge in [0.15, 0.2) is 0 Å². The Hall–Kier alpha value is -3.01. The minimum Gasteiger partial charge on any atom is -0.494 e. The summed E-state index contributed by atoms with van der Waals surface area (Å²) in [6.07, 6.45) is 3.31. The zero-order valence-electron chi connectivity index (χ0n) is 18.6. The van der Waals surface area contributed by atoms with E-state index in [1.165, 1.54) is 30.1 Å². The van der Waals surface area contributed by atoms with Crippen molar-refractivity contribution >= 4 is 51.2 Å². The van der Waals surface area contributed by atoms with Crippen LogP contribution in [0.2, 0.25) is 5.02 Å². The third-order valence-electron chi connectivity index (χ3n) is 4.67. The molecular weight excluding hydrogens is 494 g/mol. The summed E-state index contributed by atoms with van der Waals surface area (Å²) in [6, 6.07) is 20.0. The van der Waals surface area contributed by atoms with E-state index in [1.807, 2.05) is 13.2 Å². The highest BCUT2D eigenvalue weighted by molar-refractivity contribution is 7.98. The van der Waals surface area contributed by atoms with Crippen LogP contribution in [0.15, 0.2) is 87.7 Å². The molecule has 34 heavy (non-hydrogen) atoms. The van der Waals surface area contributed by atoms with E-state index in [4.69, 9.17) is 16.3 Å². The van der Waals surface area contributed by atoms with Crippen LogP contribution in [-0.2, 0) is 14.8 Å². The Labute approximate surface area is 208 Å². The number of rotatable bonds is 10. The summed E-state index contributed by atoms with van der Waals surface area (Å²) in [7, 11) is -4.03. The molecule has 0 saturated carbocycles. The Morgan fingerprint density at radius 3 is 2.38 bits per heavy atom. The highest BCUT2D eigenvalue weighted by Gasteiger charge is 2.27. The van der Waals surface area contributed by atoms with E-state index in [0.29, 0.717) is 28.6 Å². The number of hydrogen-bond donors (Lipinski definition) is 1. The fraction of sp³-hybridized carbons (Fsp3) is 0.167. The number of sulfonamides is 1. The van der Waals surface area contributed by atoms with E-state index in [9.17, 15) is 13.2 Å². The number of halogens is 1. The topological polar surface area (TPSA) is 88.1 Å². The van der Waals surface area contributed by atoms with Crippen molar-refractivity contribution in [2.75, 3.05) is 23.7 Å². The summed E-state index contributed by atoms with van der Waals surface area (Å²) in [5.74, 6) is -0.0109. The van der Waals surface area contributed by atoms with Gasteiger partial charge in [-0.25, -0.2) is 13.8 Å². The van der Waals surface area contributed by atoms with Crippen LogP contribution in [-0.4, -0.2) is 39.9 Å². The predicted octanol–water partition coefficient (Wildman–Crippen LogP) is 4.81. The summed E-state index contributed by atoms with van der Waals surface area (Å²) in [5.41, 5.74) is 3.31. The van der Waals surface area contributed by atoms with E-state index < -0.39 is 22.5 Å². The molecule has 0 aliphatic carbocycles. The summed E-state index contributed by atoms with van der Waals surface area (Å²) in [6.45, 7) is 1.87. The van der Waals surface area contributed by atoms with Crippen molar-refractivity contribution in [1.29, 1.82) is 0 Å². The highest BCUT2D eigenvalue weighted by atomic mass is 35.5. The third kappa shape index (κ3) is 6.53. The molecule has 0 bridgehead atoms. The zero-order chi connectivity index (χ0) is 24.6. The van der Waals surface area contributed by atoms with E-state index in [1.54, 1.807) is 60.7 Å². The Balaban J connectivity index is 1.86. The molecular formula is C24H24ClN3O4S2. The van der Waals surface area contributed by atoms with Crippen LogP contribution in [0, 0.1) is 0 Å². The minimum atomic E-state index is -4.03. The molecule has 3 aromatic carbocycles. The van der Waals surface area contributed by atoms with Gasteiger partial charge in [0.1, 0.15) is 12.3 Å². The van der Waals surface area contributed by atoms with Gasteiger partial charge in [0.05, 0.1) is 23.4 Å². The Kier molecular flexibility index (Phi) is 8.98. The number of ether oxygens (including phenoxy) is 1. The van der Waals surface area contributed by atoms with Crippen molar-refractivity contribution < 1.29 is 17.9 Å². The van der Waals surface area contributed by atoms with Gasteiger partial charge in [-0.1, -0.05) is 29.8 Å². The van der Waals surface area contributed by atoms with Gasteiger partial charge in [-0.3, -0.25) is 9.10 Å². The maximum absolute atomic E-state index is 13.5. The standard InChI is InChI=1S/C24H24ClN3O4S2/c1-3-32-20-10-8-19(9-11-20)28(34(30,31)22-14-12-21(33-2)13-15-22)17-24(29)27-26-16-18-6-4-5-7-23(18)25/h4-16H,3,17H2,1-2H3,(H,27,29)/b26-16-. The molecule has 0 fully saturated rings. The first-order chi connectivity index (χ1) is 16.3. The van der Waals surface area contributed by atoms with E-state index in [0.717, 1.165) is 9.20 Å². The molecule has 0 aliphatic heterocycles. The SMILES string of the molecule is CCOc1ccc(N(CC(=O)N/N=C\c2ccccc2Cl)S(=O)(=O)c2ccc(SC)cc2)cc1. The number of hydrazone groups is 1. The zero-order valence-corrected chi connectivity index (χ0v) is 21.0. The van der Waals surface area contributed by atoms with Gasteiger partial charge in [0.25, 0.3) is 15.9 Å². The van der Waals surface area contributed by atoms with Crippen LogP contribution in [0.4, 0.5) is 5.69 Å². The van der Waals surface area contributed by atoms with Crippen molar-refractivity contribution in [3.8, 4) is 5.75 Å². The number of nitrogens with zero attached hydrogens (tertiary/aromatic N) is 2. The molecule has 10 heteroatoms. The number of anilines is 1. The number of carbonyl (C=O) groups is 1. The lowest BCUT2D eigenvalue weighted by molar-refractivity contribution is -0.119. The molecule has 0 saturated heterocycles. The number of nitrogens with one attached hydrogen (secondary N) is 1. The van der Waals surface area contributed by atoms with Crippen LogP contribution >= 0.6 is 23.4 Å². The highest BCUT2D eigenvalue weighted by Crippen LogP contribution is 2.27. The van der Waals surface area contributed by atoms with Crippen LogP contribution in [0.25, 0.3) is 0 Å². The summed E-state index contributed by atoms with van der Waals surface area (Å²) in [4.78, 5) is 13.7. The fourth-order valence-corrected chi connectivity index (χ4v) is 5.00. The number of thioether (sulfide) groups is 1. The van der Waals surface area contributed by atoms with Crippen LogP contribution in [0.5, 0.6) is 5.75 Å². The largest absolute Gasteiger partial charge is 0.494 e. The first-order valence-corrected chi connectivity index (χ1v) is 13.4. The van der Waals surface area contributed by atoms with Crippen molar-refractivity contribution in [2.45, 2.75) is 16.7 Å². The minimum absolute atomic E-state index is 0.0755. The first-order valence-electron chi connectivity index (χ1n) is 10.3. The summed E-state index contributed by atoms with van der Waals surface area (Å²) < 4.78 is 33.4. The maximum atomic E-state index is 13.5. The van der Waals surface area contributed by atoms with Crippen molar-refractivity contribution in [2.24, 2.45) is 5.10 Å². The quantitative estimate of drug-likeness (QED) is 0.237. The molecule has 0 radical (unpaired) electrons. The third-order valence-corrected chi connectivity index (χ3v) is 7.54. The summed E-state index contributed by atoms with van der Waals surface area (Å²) in [5, 5.41) is 4.39. The van der Waals surface area contributed by atoms with Crippen molar-refractivity contribution in [3.05, 3.63) is 83.4 Å². The molecule has 0 unspecified atom stereocenters. The van der Waals surface area contributed by atoms with E-state index >= 15 is 0 Å². The lowest BCUT2D eigenvalue weighted by Crippen LogP contribution is -2.39. The maximum Gasteiger partial charge on any atom is 0.264 e. The number of amides is 1. The van der Waals surface area contributed by atoms with Gasteiger partial charge >= 0.3 is 0 Å². The average Bonchev–Trinajstić information content (AvgIpc) is 2.84. The molecule has 7 nitrogen and oxygen atoms in total. The van der Waals surface area contributed by atoms with E-state index in [-0.39, 0.29) is 4.90 Å². The van der Waals surface area contributed by atoms with Gasteiger partial charge in [-0.2, -0.15) is 5.10 Å². The number of carbonyl (C=O) groups excluding carboxylic acids is 1. The Morgan fingerprint density at radius 2 is 1.76 bits per heavy atom. The van der Waals surface area contributed by atoms with Crippen LogP contribution in [0.1, 0.15) is 12.5 Å². The molecule has 0 aromatic heterocycles. The normalized spacial score (nSPS) is 11.4. The number of hydrogen-bond acceptors (Lipinski definition) is 6. The predicted molar refractivity (Wildman–Crippen MR) is 138 cm³/mol. The monoisotopic (exact) mass is 517 g/mol. The average molecular weight is 518 g/mol. The summed E-state index contributed by atoms with van der Waals surface area (Å²) >= 11 is 7.59. The van der Waals surface area contributed by atoms with Gasteiger partial charge in [-0.05, 0) is 67.8 Å². The second-order valence-electron chi connectivity index (χ2n) is 6.93. The molecule has 1 amide bonds. The molecule has 178 valence electrons. The fourth-order valence-electron chi connectivity index (χ4n) is 2.98. The Bertz CT molecular complexity index is 1250. The lowest BCUT2D eigenvalue weighted by atomic mass is 10.2. The molecule has 0 heterocycles. The molecule has 1 N–H and O–H groups in total. The van der Waals surface area contributed by atoms with Crippen molar-refractivity contribution in [3.63, 3.8) is 0 Å². The molecule has 3 aromatic rings. The van der Waals surface area contributed by atoms with Gasteiger partial charge < -0.3 is 4.74 Å². The van der Waals surface area contributed by atoms with Crippen LogP contribution in [0.3, 0.4) is 0 Å². The number of benzene rings is 3. The van der Waals surface area contributed by atoms with Crippen molar-refractivity contribution in [1.82, 2.24) is 5.43 Å².